The third kappa shape index (κ3) is 3.24. The predicted molar refractivity (Wildman–Crippen MR) is 83.9 cm³/mol. The number of rotatable bonds is 3. The average Bonchev–Trinajstić information content (AvgIpc) is 2.48. The quantitative estimate of drug-likeness (QED) is 0.852. The van der Waals surface area contributed by atoms with E-state index in [-0.39, 0.29) is 5.82 Å². The van der Waals surface area contributed by atoms with Crippen molar-refractivity contribution >= 4 is 33.2 Å². The molecule has 0 unspecified atom stereocenters. The van der Waals surface area contributed by atoms with E-state index in [1.165, 1.54) is 12.1 Å². The van der Waals surface area contributed by atoms with Crippen molar-refractivity contribution in [2.75, 3.05) is 18.5 Å². The largest absolute Gasteiger partial charge is 0.486 e. The Morgan fingerprint density at radius 1 is 1.14 bits per heavy atom. The van der Waals surface area contributed by atoms with E-state index in [1.807, 2.05) is 12.1 Å². The summed E-state index contributed by atoms with van der Waals surface area (Å²) in [7, 11) is 0. The highest BCUT2D eigenvalue weighted by molar-refractivity contribution is 9.10. The van der Waals surface area contributed by atoms with Crippen LogP contribution in [0.25, 0.3) is 0 Å². The molecule has 0 atom stereocenters. The zero-order valence-corrected chi connectivity index (χ0v) is 13.3. The topological polar surface area (TPSA) is 30.5 Å². The summed E-state index contributed by atoms with van der Waals surface area (Å²) in [6.45, 7) is 1.39. The van der Waals surface area contributed by atoms with Gasteiger partial charge in [-0.25, -0.2) is 4.39 Å². The van der Waals surface area contributed by atoms with Crippen LogP contribution in [-0.2, 0) is 6.54 Å². The van der Waals surface area contributed by atoms with Crippen LogP contribution in [0.4, 0.5) is 10.1 Å². The Morgan fingerprint density at radius 3 is 2.62 bits per heavy atom. The van der Waals surface area contributed by atoms with Crippen LogP contribution in [-0.4, -0.2) is 13.2 Å². The standard InChI is InChI=1S/C15H12BrClFNO2/c16-11-6-14-15(21-4-3-20-14)7-13(11)19-8-9-5-10(17)1-2-12(9)18/h1-2,5-7,19H,3-4,8H2. The number of ether oxygens (including phenoxy) is 2. The Bertz CT molecular complexity index is 681. The van der Waals surface area contributed by atoms with Crippen LogP contribution in [0.2, 0.25) is 5.02 Å². The molecule has 1 aliphatic heterocycles. The fraction of sp³-hybridized carbons (Fsp3) is 0.200. The molecule has 0 fully saturated rings. The summed E-state index contributed by atoms with van der Waals surface area (Å²) in [6.07, 6.45) is 0. The molecule has 1 aliphatic rings. The van der Waals surface area contributed by atoms with Crippen LogP contribution >= 0.6 is 27.5 Å². The Hall–Kier alpha value is -1.46. The Kier molecular flexibility index (Phi) is 4.22. The summed E-state index contributed by atoms with van der Waals surface area (Å²) >= 11 is 9.35. The van der Waals surface area contributed by atoms with E-state index >= 15 is 0 Å². The summed E-state index contributed by atoms with van der Waals surface area (Å²) in [5.41, 5.74) is 1.31. The Morgan fingerprint density at radius 2 is 1.86 bits per heavy atom. The van der Waals surface area contributed by atoms with Gasteiger partial charge >= 0.3 is 0 Å². The highest BCUT2D eigenvalue weighted by Crippen LogP contribution is 2.38. The number of nitrogens with one attached hydrogen (secondary N) is 1. The second-order valence-corrected chi connectivity index (χ2v) is 5.86. The van der Waals surface area contributed by atoms with Crippen molar-refractivity contribution in [3.63, 3.8) is 0 Å². The molecule has 1 heterocycles. The lowest BCUT2D eigenvalue weighted by Crippen LogP contribution is -2.15. The van der Waals surface area contributed by atoms with E-state index in [0.29, 0.717) is 41.8 Å². The predicted octanol–water partition coefficient (Wildman–Crippen LogP) is 4.62. The monoisotopic (exact) mass is 371 g/mol. The molecule has 0 saturated carbocycles. The van der Waals surface area contributed by atoms with E-state index < -0.39 is 0 Å². The minimum Gasteiger partial charge on any atom is -0.486 e. The molecule has 0 spiro atoms. The minimum absolute atomic E-state index is 0.291. The van der Waals surface area contributed by atoms with Gasteiger partial charge in [0.25, 0.3) is 0 Å². The van der Waals surface area contributed by atoms with Gasteiger partial charge in [0.2, 0.25) is 0 Å². The first kappa shape index (κ1) is 14.5. The van der Waals surface area contributed by atoms with Crippen molar-refractivity contribution in [2.45, 2.75) is 6.54 Å². The highest BCUT2D eigenvalue weighted by atomic mass is 79.9. The van der Waals surface area contributed by atoms with E-state index in [9.17, 15) is 4.39 Å². The third-order valence-corrected chi connectivity index (χ3v) is 4.00. The van der Waals surface area contributed by atoms with Crippen molar-refractivity contribution in [3.05, 3.63) is 51.2 Å². The molecule has 3 rings (SSSR count). The average molecular weight is 373 g/mol. The second kappa shape index (κ2) is 6.12. The van der Waals surface area contributed by atoms with Crippen molar-refractivity contribution in [1.29, 1.82) is 0 Å². The molecule has 110 valence electrons. The molecule has 0 saturated heterocycles. The first-order valence-electron chi connectivity index (χ1n) is 6.40. The SMILES string of the molecule is Fc1ccc(Cl)cc1CNc1cc2c(cc1Br)OCCO2. The molecule has 2 aromatic carbocycles. The van der Waals surface area contributed by atoms with Crippen LogP contribution in [0.5, 0.6) is 11.5 Å². The van der Waals surface area contributed by atoms with Gasteiger partial charge < -0.3 is 14.8 Å². The molecule has 0 aromatic heterocycles. The van der Waals surface area contributed by atoms with Crippen LogP contribution in [0.15, 0.2) is 34.8 Å². The second-order valence-electron chi connectivity index (χ2n) is 4.56. The lowest BCUT2D eigenvalue weighted by Gasteiger charge is -2.20. The van der Waals surface area contributed by atoms with E-state index in [0.717, 1.165) is 10.2 Å². The molecule has 6 heteroatoms. The van der Waals surface area contributed by atoms with Gasteiger partial charge in [0, 0.05) is 33.7 Å². The van der Waals surface area contributed by atoms with Gasteiger partial charge in [0.15, 0.2) is 11.5 Å². The maximum Gasteiger partial charge on any atom is 0.163 e. The van der Waals surface area contributed by atoms with Gasteiger partial charge in [-0.05, 0) is 34.1 Å². The first-order valence-corrected chi connectivity index (χ1v) is 7.57. The molecular formula is C15H12BrClFNO2. The summed E-state index contributed by atoms with van der Waals surface area (Å²) < 4.78 is 25.5. The molecule has 2 aromatic rings. The summed E-state index contributed by atoms with van der Waals surface area (Å²) in [5.74, 6) is 1.09. The zero-order chi connectivity index (χ0) is 14.8. The maximum atomic E-state index is 13.7. The molecule has 0 amide bonds. The molecule has 1 N–H and O–H groups in total. The van der Waals surface area contributed by atoms with Gasteiger partial charge in [-0.15, -0.1) is 0 Å². The van der Waals surface area contributed by atoms with E-state index in [2.05, 4.69) is 21.2 Å². The van der Waals surface area contributed by atoms with Crippen molar-refractivity contribution in [1.82, 2.24) is 0 Å². The summed E-state index contributed by atoms with van der Waals surface area (Å²) in [4.78, 5) is 0. The number of halogens is 3. The number of fused-ring (bicyclic) bond motifs is 1. The molecule has 0 aliphatic carbocycles. The fourth-order valence-electron chi connectivity index (χ4n) is 2.07. The smallest absolute Gasteiger partial charge is 0.163 e. The summed E-state index contributed by atoms with van der Waals surface area (Å²) in [5, 5.41) is 3.68. The summed E-state index contributed by atoms with van der Waals surface area (Å²) in [6, 6.07) is 8.17. The van der Waals surface area contributed by atoms with Gasteiger partial charge in [-0.2, -0.15) is 0 Å². The maximum absolute atomic E-state index is 13.7. The van der Waals surface area contributed by atoms with Crippen LogP contribution in [0.3, 0.4) is 0 Å². The highest BCUT2D eigenvalue weighted by Gasteiger charge is 2.15. The van der Waals surface area contributed by atoms with Crippen molar-refractivity contribution < 1.29 is 13.9 Å². The van der Waals surface area contributed by atoms with Crippen molar-refractivity contribution in [3.8, 4) is 11.5 Å². The normalized spacial score (nSPS) is 13.1. The molecular weight excluding hydrogens is 361 g/mol. The molecule has 0 radical (unpaired) electrons. The van der Waals surface area contributed by atoms with Crippen LogP contribution in [0.1, 0.15) is 5.56 Å². The number of benzene rings is 2. The van der Waals surface area contributed by atoms with Gasteiger partial charge in [0.05, 0.1) is 5.69 Å². The van der Waals surface area contributed by atoms with Gasteiger partial charge in [0.1, 0.15) is 19.0 Å². The molecule has 21 heavy (non-hydrogen) atoms. The fourth-order valence-corrected chi connectivity index (χ4v) is 2.73. The Labute approximate surface area is 135 Å². The third-order valence-electron chi connectivity index (χ3n) is 3.11. The molecule has 0 bridgehead atoms. The number of hydrogen-bond donors (Lipinski definition) is 1. The van der Waals surface area contributed by atoms with Crippen LogP contribution in [0, 0.1) is 5.82 Å². The van der Waals surface area contributed by atoms with Crippen LogP contribution < -0.4 is 14.8 Å². The van der Waals surface area contributed by atoms with Gasteiger partial charge in [-0.3, -0.25) is 0 Å². The van der Waals surface area contributed by atoms with E-state index in [1.54, 1.807) is 6.07 Å². The number of anilines is 1. The van der Waals surface area contributed by atoms with Crippen molar-refractivity contribution in [2.24, 2.45) is 0 Å². The molecule has 3 nitrogen and oxygen atoms in total. The Balaban J connectivity index is 1.80. The minimum atomic E-state index is -0.291. The number of hydrogen-bond acceptors (Lipinski definition) is 3. The lowest BCUT2D eigenvalue weighted by atomic mass is 10.2. The van der Waals surface area contributed by atoms with E-state index in [4.69, 9.17) is 21.1 Å². The lowest BCUT2D eigenvalue weighted by molar-refractivity contribution is 0.171. The first-order chi connectivity index (χ1) is 10.1. The van der Waals surface area contributed by atoms with Gasteiger partial charge in [-0.1, -0.05) is 11.6 Å². The zero-order valence-electron chi connectivity index (χ0n) is 11.0.